The van der Waals surface area contributed by atoms with Gasteiger partial charge in [0, 0.05) is 12.7 Å². The van der Waals surface area contributed by atoms with Gasteiger partial charge in [0.15, 0.2) is 0 Å². The number of nitrogens with one attached hydrogen (secondary N) is 1. The predicted molar refractivity (Wildman–Crippen MR) is 68.3 cm³/mol. The molecule has 0 atom stereocenters. The van der Waals surface area contributed by atoms with Gasteiger partial charge in [-0.05, 0) is 43.0 Å². The van der Waals surface area contributed by atoms with Crippen molar-refractivity contribution < 1.29 is 0 Å². The maximum Gasteiger partial charge on any atom is 0.0573 e. The van der Waals surface area contributed by atoms with E-state index in [0.29, 0.717) is 0 Å². The zero-order valence-corrected chi connectivity index (χ0v) is 10.4. The van der Waals surface area contributed by atoms with Crippen LogP contribution in [0, 0.1) is 0 Å². The Bertz CT molecular complexity index is 276. The summed E-state index contributed by atoms with van der Waals surface area (Å²) in [4.78, 5) is 4.40. The summed E-state index contributed by atoms with van der Waals surface area (Å²) >= 11 is 1.90. The molecule has 1 aromatic rings. The van der Waals surface area contributed by atoms with Crippen LogP contribution in [0.2, 0.25) is 0 Å². The number of aromatic nitrogens is 1. The molecule has 3 heteroatoms. The largest absolute Gasteiger partial charge is 0.311 e. The third-order valence-corrected chi connectivity index (χ3v) is 3.06. The summed E-state index contributed by atoms with van der Waals surface area (Å²) in [5.41, 5.74) is 2.55. The Morgan fingerprint density at radius 3 is 3.07 bits per heavy atom. The number of thioether (sulfide) groups is 1. The molecule has 1 N–H and O–H groups in total. The molecule has 0 radical (unpaired) electrons. The van der Waals surface area contributed by atoms with Gasteiger partial charge in [-0.1, -0.05) is 13.0 Å². The zero-order valence-electron chi connectivity index (χ0n) is 9.62. The van der Waals surface area contributed by atoms with E-state index >= 15 is 0 Å². The second-order valence-electron chi connectivity index (χ2n) is 3.49. The Balaban J connectivity index is 2.30. The molecule has 0 saturated carbocycles. The molecule has 0 aliphatic carbocycles. The second-order valence-corrected chi connectivity index (χ2v) is 4.47. The molecule has 0 amide bonds. The Kier molecular flexibility index (Phi) is 6.44. The first-order valence-electron chi connectivity index (χ1n) is 5.51. The van der Waals surface area contributed by atoms with Crippen molar-refractivity contribution in [2.24, 2.45) is 0 Å². The molecule has 1 rings (SSSR count). The maximum atomic E-state index is 4.40. The highest BCUT2D eigenvalue weighted by Gasteiger charge is 1.99. The first-order valence-corrected chi connectivity index (χ1v) is 6.90. The van der Waals surface area contributed by atoms with Crippen molar-refractivity contribution in [3.05, 3.63) is 29.6 Å². The van der Waals surface area contributed by atoms with Crippen molar-refractivity contribution in [3.8, 4) is 0 Å². The van der Waals surface area contributed by atoms with Crippen LogP contribution in [0.1, 0.15) is 24.6 Å². The molecule has 0 spiro atoms. The highest BCUT2D eigenvalue weighted by molar-refractivity contribution is 7.98. The van der Waals surface area contributed by atoms with E-state index in [4.69, 9.17) is 0 Å². The maximum absolute atomic E-state index is 4.40. The molecule has 0 unspecified atom stereocenters. The lowest BCUT2D eigenvalue weighted by Crippen LogP contribution is -2.17. The lowest BCUT2D eigenvalue weighted by Gasteiger charge is -2.07. The quantitative estimate of drug-likeness (QED) is 0.720. The average molecular weight is 224 g/mol. The first-order chi connectivity index (χ1) is 7.38. The second kappa shape index (κ2) is 7.71. The Morgan fingerprint density at radius 2 is 2.33 bits per heavy atom. The molecule has 0 bridgehead atoms. The predicted octanol–water partition coefficient (Wildman–Crippen LogP) is 2.49. The molecular weight excluding hydrogens is 204 g/mol. The first kappa shape index (κ1) is 12.5. The lowest BCUT2D eigenvalue weighted by atomic mass is 10.1. The average Bonchev–Trinajstić information content (AvgIpc) is 2.29. The molecule has 1 heterocycles. The zero-order chi connectivity index (χ0) is 10.9. The van der Waals surface area contributed by atoms with E-state index in [1.54, 1.807) is 0 Å². The monoisotopic (exact) mass is 224 g/mol. The van der Waals surface area contributed by atoms with E-state index in [-0.39, 0.29) is 0 Å². The minimum absolute atomic E-state index is 0.901. The van der Waals surface area contributed by atoms with Gasteiger partial charge in [-0.25, -0.2) is 0 Å². The van der Waals surface area contributed by atoms with Gasteiger partial charge in [-0.3, -0.25) is 4.98 Å². The van der Waals surface area contributed by atoms with Gasteiger partial charge < -0.3 is 5.32 Å². The van der Waals surface area contributed by atoms with Crippen LogP contribution in [0.15, 0.2) is 18.3 Å². The fourth-order valence-corrected chi connectivity index (χ4v) is 1.93. The van der Waals surface area contributed by atoms with E-state index in [9.17, 15) is 0 Å². The van der Waals surface area contributed by atoms with E-state index in [0.717, 1.165) is 19.5 Å². The third-order valence-electron chi connectivity index (χ3n) is 2.36. The number of hydrogen-bond acceptors (Lipinski definition) is 3. The van der Waals surface area contributed by atoms with E-state index in [1.807, 2.05) is 24.0 Å². The molecule has 2 nitrogen and oxygen atoms in total. The minimum Gasteiger partial charge on any atom is -0.311 e. The fourth-order valence-electron chi connectivity index (χ4n) is 1.50. The van der Waals surface area contributed by atoms with Gasteiger partial charge in [0.25, 0.3) is 0 Å². The molecular formula is C12H20N2S. The Hall–Kier alpha value is -0.540. The molecule has 0 saturated heterocycles. The van der Waals surface area contributed by atoms with E-state index < -0.39 is 0 Å². The molecule has 84 valence electrons. The van der Waals surface area contributed by atoms with Crippen LogP contribution in [0.4, 0.5) is 0 Å². The number of nitrogens with zero attached hydrogens (tertiary/aromatic N) is 1. The summed E-state index contributed by atoms with van der Waals surface area (Å²) in [7, 11) is 0. The van der Waals surface area contributed by atoms with Gasteiger partial charge in [0.2, 0.25) is 0 Å². The van der Waals surface area contributed by atoms with Crippen LogP contribution < -0.4 is 5.32 Å². The van der Waals surface area contributed by atoms with Crippen molar-refractivity contribution in [1.82, 2.24) is 10.3 Å². The summed E-state index contributed by atoms with van der Waals surface area (Å²) in [6, 6.07) is 4.17. The van der Waals surface area contributed by atoms with Gasteiger partial charge >= 0.3 is 0 Å². The highest BCUT2D eigenvalue weighted by atomic mass is 32.2. The van der Waals surface area contributed by atoms with Crippen LogP contribution in [0.5, 0.6) is 0 Å². The number of pyridine rings is 1. The Labute approximate surface area is 96.9 Å². The molecule has 1 aromatic heterocycles. The van der Waals surface area contributed by atoms with Crippen LogP contribution in [-0.4, -0.2) is 23.5 Å². The third kappa shape index (κ3) is 4.67. The smallest absolute Gasteiger partial charge is 0.0573 e. The summed E-state index contributed by atoms with van der Waals surface area (Å²) in [6.45, 7) is 4.16. The molecule has 0 aromatic carbocycles. The minimum atomic E-state index is 0.901. The normalized spacial score (nSPS) is 10.5. The number of rotatable bonds is 7. The van der Waals surface area contributed by atoms with Crippen molar-refractivity contribution in [2.75, 3.05) is 18.6 Å². The molecule has 15 heavy (non-hydrogen) atoms. The van der Waals surface area contributed by atoms with E-state index in [1.165, 1.54) is 23.4 Å². The number of hydrogen-bond donors (Lipinski definition) is 1. The lowest BCUT2D eigenvalue weighted by molar-refractivity contribution is 0.662. The van der Waals surface area contributed by atoms with Crippen LogP contribution in [0.3, 0.4) is 0 Å². The SMILES string of the molecule is CCc1cccnc1CNCCCSC. The van der Waals surface area contributed by atoms with Crippen LogP contribution >= 0.6 is 11.8 Å². The van der Waals surface area contributed by atoms with E-state index in [2.05, 4.69) is 29.5 Å². The number of aryl methyl sites for hydroxylation is 1. The molecule has 0 fully saturated rings. The van der Waals surface area contributed by atoms with Gasteiger partial charge in [-0.15, -0.1) is 0 Å². The topological polar surface area (TPSA) is 24.9 Å². The Morgan fingerprint density at radius 1 is 1.47 bits per heavy atom. The fraction of sp³-hybridized carbons (Fsp3) is 0.583. The van der Waals surface area contributed by atoms with Crippen LogP contribution in [-0.2, 0) is 13.0 Å². The van der Waals surface area contributed by atoms with Crippen molar-refractivity contribution in [3.63, 3.8) is 0 Å². The highest BCUT2D eigenvalue weighted by Crippen LogP contribution is 2.05. The van der Waals surface area contributed by atoms with Gasteiger partial charge in [-0.2, -0.15) is 11.8 Å². The van der Waals surface area contributed by atoms with Gasteiger partial charge in [0.1, 0.15) is 0 Å². The summed E-state index contributed by atoms with van der Waals surface area (Å²) in [5.74, 6) is 1.23. The van der Waals surface area contributed by atoms with Gasteiger partial charge in [0.05, 0.1) is 5.69 Å². The summed E-state index contributed by atoms with van der Waals surface area (Å²) in [5, 5.41) is 3.44. The van der Waals surface area contributed by atoms with Crippen LogP contribution in [0.25, 0.3) is 0 Å². The summed E-state index contributed by atoms with van der Waals surface area (Å²) in [6.07, 6.45) is 6.32. The summed E-state index contributed by atoms with van der Waals surface area (Å²) < 4.78 is 0. The molecule has 0 aliphatic rings. The van der Waals surface area contributed by atoms with Crippen molar-refractivity contribution in [1.29, 1.82) is 0 Å². The van der Waals surface area contributed by atoms with Crippen molar-refractivity contribution in [2.45, 2.75) is 26.3 Å². The standard InChI is InChI=1S/C12H20N2S/c1-3-11-6-4-8-14-12(11)10-13-7-5-9-15-2/h4,6,8,13H,3,5,7,9-10H2,1-2H3. The molecule has 0 aliphatic heterocycles. The van der Waals surface area contributed by atoms with Crippen molar-refractivity contribution >= 4 is 11.8 Å².